The summed E-state index contributed by atoms with van der Waals surface area (Å²) in [6.45, 7) is 0. The molecule has 0 amide bonds. The number of piperidine rings is 1. The Morgan fingerprint density at radius 3 is 2.38 bits per heavy atom. The van der Waals surface area contributed by atoms with Crippen LogP contribution in [0.5, 0.6) is 0 Å². The first-order valence-corrected chi connectivity index (χ1v) is 6.92. The summed E-state index contributed by atoms with van der Waals surface area (Å²) in [6, 6.07) is 5.09. The zero-order valence-electron chi connectivity index (χ0n) is 11.2. The number of nitrogens with one attached hydrogen (secondary N) is 1. The molecule has 0 radical (unpaired) electrons. The van der Waals surface area contributed by atoms with Crippen LogP contribution in [0.1, 0.15) is 42.4 Å². The van der Waals surface area contributed by atoms with E-state index in [-0.39, 0.29) is 23.2 Å². The molecule has 1 aromatic rings. The smallest absolute Gasteiger partial charge is 0.385 e. The lowest BCUT2D eigenvalue weighted by molar-refractivity contribution is -0.137. The standard InChI is InChI=1S/C15H15F3N2O/c16-15(17,18)10-2-1-9(8-19)13(5-10)14(21)6-11-3-4-12(7-14)20-11/h1-2,5,11-12,20-21H,3-4,6-7H2. The quantitative estimate of drug-likeness (QED) is 0.837. The number of alkyl halides is 3. The zero-order chi connectivity index (χ0) is 15.3. The zero-order valence-corrected chi connectivity index (χ0v) is 11.2. The molecule has 2 fully saturated rings. The van der Waals surface area contributed by atoms with Crippen molar-refractivity contribution in [3.63, 3.8) is 0 Å². The van der Waals surface area contributed by atoms with Gasteiger partial charge in [-0.2, -0.15) is 18.4 Å². The molecule has 2 saturated heterocycles. The molecule has 3 nitrogen and oxygen atoms in total. The highest BCUT2D eigenvalue weighted by Gasteiger charge is 2.45. The van der Waals surface area contributed by atoms with Crippen LogP contribution in [0.15, 0.2) is 18.2 Å². The lowest BCUT2D eigenvalue weighted by atomic mass is 9.79. The number of halogens is 3. The van der Waals surface area contributed by atoms with E-state index in [1.54, 1.807) is 0 Å². The van der Waals surface area contributed by atoms with Crippen molar-refractivity contribution in [3.8, 4) is 6.07 Å². The van der Waals surface area contributed by atoms with Gasteiger partial charge in [-0.3, -0.25) is 0 Å². The molecule has 3 rings (SSSR count). The predicted molar refractivity (Wildman–Crippen MR) is 69.2 cm³/mol. The summed E-state index contributed by atoms with van der Waals surface area (Å²) < 4.78 is 38.7. The highest BCUT2D eigenvalue weighted by Crippen LogP contribution is 2.43. The Bertz CT molecular complexity index is 594. The summed E-state index contributed by atoms with van der Waals surface area (Å²) in [5.41, 5.74) is -1.95. The second-order valence-electron chi connectivity index (χ2n) is 5.95. The number of rotatable bonds is 1. The first-order valence-electron chi connectivity index (χ1n) is 6.92. The van der Waals surface area contributed by atoms with E-state index in [0.29, 0.717) is 12.8 Å². The Balaban J connectivity index is 2.06. The van der Waals surface area contributed by atoms with E-state index < -0.39 is 17.3 Å². The number of hydrogen-bond donors (Lipinski definition) is 2. The van der Waals surface area contributed by atoms with Gasteiger partial charge in [0.25, 0.3) is 0 Å². The third-order valence-corrected chi connectivity index (χ3v) is 4.47. The van der Waals surface area contributed by atoms with Crippen LogP contribution < -0.4 is 5.32 Å². The summed E-state index contributed by atoms with van der Waals surface area (Å²) in [7, 11) is 0. The summed E-state index contributed by atoms with van der Waals surface area (Å²) >= 11 is 0. The van der Waals surface area contributed by atoms with Crippen LogP contribution in [0.4, 0.5) is 13.2 Å². The summed E-state index contributed by atoms with van der Waals surface area (Å²) in [4.78, 5) is 0. The second kappa shape index (κ2) is 4.72. The Labute approximate surface area is 120 Å². The Hall–Kier alpha value is -1.58. The fourth-order valence-electron chi connectivity index (χ4n) is 3.55. The lowest BCUT2D eigenvalue weighted by Gasteiger charge is -2.38. The van der Waals surface area contributed by atoms with E-state index in [4.69, 9.17) is 5.26 Å². The minimum absolute atomic E-state index is 0.106. The van der Waals surface area contributed by atoms with Crippen molar-refractivity contribution < 1.29 is 18.3 Å². The van der Waals surface area contributed by atoms with Gasteiger partial charge in [-0.15, -0.1) is 0 Å². The third-order valence-electron chi connectivity index (χ3n) is 4.47. The summed E-state index contributed by atoms with van der Waals surface area (Å²) in [5, 5.41) is 23.3. The minimum Gasteiger partial charge on any atom is -0.385 e. The fourth-order valence-corrected chi connectivity index (χ4v) is 3.55. The van der Waals surface area contributed by atoms with E-state index >= 15 is 0 Å². The van der Waals surface area contributed by atoms with E-state index in [9.17, 15) is 18.3 Å². The predicted octanol–water partition coefficient (Wildman–Crippen LogP) is 2.68. The molecule has 0 saturated carbocycles. The van der Waals surface area contributed by atoms with Crippen molar-refractivity contribution in [1.29, 1.82) is 5.26 Å². The average Bonchev–Trinajstić information content (AvgIpc) is 2.77. The van der Waals surface area contributed by atoms with Gasteiger partial charge in [-0.05, 0) is 43.9 Å². The van der Waals surface area contributed by atoms with Crippen LogP contribution in [0.3, 0.4) is 0 Å². The van der Waals surface area contributed by atoms with Crippen molar-refractivity contribution in [1.82, 2.24) is 5.32 Å². The van der Waals surface area contributed by atoms with Gasteiger partial charge in [0.2, 0.25) is 0 Å². The van der Waals surface area contributed by atoms with Crippen LogP contribution in [0.2, 0.25) is 0 Å². The number of nitrogens with zero attached hydrogens (tertiary/aromatic N) is 1. The molecule has 0 aliphatic carbocycles. The van der Waals surface area contributed by atoms with Gasteiger partial charge in [0, 0.05) is 17.6 Å². The number of nitriles is 1. The molecule has 0 spiro atoms. The number of aliphatic hydroxyl groups is 1. The lowest BCUT2D eigenvalue weighted by Crippen LogP contribution is -2.47. The van der Waals surface area contributed by atoms with Gasteiger partial charge in [0.1, 0.15) is 0 Å². The van der Waals surface area contributed by atoms with Crippen LogP contribution in [-0.2, 0) is 11.8 Å². The van der Waals surface area contributed by atoms with Crippen molar-refractivity contribution >= 4 is 0 Å². The maximum absolute atomic E-state index is 12.9. The molecule has 1 aromatic carbocycles. The van der Waals surface area contributed by atoms with Crippen molar-refractivity contribution in [2.24, 2.45) is 0 Å². The first kappa shape index (κ1) is 14.4. The molecule has 2 bridgehead atoms. The summed E-state index contributed by atoms with van der Waals surface area (Å²) in [5.74, 6) is 0. The molecule has 2 atom stereocenters. The Kier molecular flexibility index (Phi) is 3.23. The largest absolute Gasteiger partial charge is 0.416 e. The monoisotopic (exact) mass is 296 g/mol. The van der Waals surface area contributed by atoms with E-state index in [0.717, 1.165) is 31.0 Å². The van der Waals surface area contributed by atoms with Crippen molar-refractivity contribution in [2.75, 3.05) is 0 Å². The van der Waals surface area contributed by atoms with E-state index in [1.165, 1.54) is 0 Å². The molecule has 21 heavy (non-hydrogen) atoms. The molecule has 2 N–H and O–H groups in total. The van der Waals surface area contributed by atoms with E-state index in [2.05, 4.69) is 5.32 Å². The molecule has 2 heterocycles. The van der Waals surface area contributed by atoms with Gasteiger partial charge in [-0.1, -0.05) is 0 Å². The minimum atomic E-state index is -4.48. The normalized spacial score (nSPS) is 32.0. The molecule has 2 unspecified atom stereocenters. The molecule has 2 aliphatic heterocycles. The maximum Gasteiger partial charge on any atom is 0.416 e. The SMILES string of the molecule is N#Cc1ccc(C(F)(F)F)cc1C1(O)CC2CCC(C1)N2. The fraction of sp³-hybridized carbons (Fsp3) is 0.533. The highest BCUT2D eigenvalue weighted by molar-refractivity contribution is 5.45. The van der Waals surface area contributed by atoms with Crippen LogP contribution in [0.25, 0.3) is 0 Å². The van der Waals surface area contributed by atoms with Gasteiger partial charge < -0.3 is 10.4 Å². The molecule has 2 aliphatic rings. The Morgan fingerprint density at radius 2 is 1.86 bits per heavy atom. The topological polar surface area (TPSA) is 56.0 Å². The van der Waals surface area contributed by atoms with Gasteiger partial charge in [0.05, 0.1) is 22.8 Å². The average molecular weight is 296 g/mol. The second-order valence-corrected chi connectivity index (χ2v) is 5.95. The van der Waals surface area contributed by atoms with Crippen LogP contribution in [0, 0.1) is 11.3 Å². The van der Waals surface area contributed by atoms with Gasteiger partial charge >= 0.3 is 6.18 Å². The van der Waals surface area contributed by atoms with E-state index in [1.807, 2.05) is 6.07 Å². The number of fused-ring (bicyclic) bond motifs is 2. The first-order chi connectivity index (χ1) is 9.82. The highest BCUT2D eigenvalue weighted by atomic mass is 19.4. The Morgan fingerprint density at radius 1 is 1.24 bits per heavy atom. The van der Waals surface area contributed by atoms with Crippen molar-refractivity contribution in [2.45, 2.75) is 49.5 Å². The molecule has 6 heteroatoms. The molecule has 0 aromatic heterocycles. The van der Waals surface area contributed by atoms with Crippen LogP contribution >= 0.6 is 0 Å². The number of hydrogen-bond acceptors (Lipinski definition) is 3. The maximum atomic E-state index is 12.9. The molecular formula is C15H15F3N2O. The van der Waals surface area contributed by atoms with Gasteiger partial charge in [-0.25, -0.2) is 0 Å². The van der Waals surface area contributed by atoms with Crippen LogP contribution in [-0.4, -0.2) is 17.2 Å². The molecule has 112 valence electrons. The number of benzene rings is 1. The summed E-state index contributed by atoms with van der Waals surface area (Å²) in [6.07, 6.45) is -1.97. The van der Waals surface area contributed by atoms with Gasteiger partial charge in [0.15, 0.2) is 0 Å². The molecular weight excluding hydrogens is 281 g/mol. The third kappa shape index (κ3) is 2.52. The van der Waals surface area contributed by atoms with Crippen molar-refractivity contribution in [3.05, 3.63) is 34.9 Å².